The fraction of sp³-hybridized carbons (Fsp3) is 0.688. The summed E-state index contributed by atoms with van der Waals surface area (Å²) in [6.45, 7) is 11.7. The van der Waals surface area contributed by atoms with Gasteiger partial charge in [0.15, 0.2) is 11.6 Å². The fourth-order valence-electron chi connectivity index (χ4n) is 9.91. The number of ketones is 1. The Bertz CT molecular complexity index is 1090. The van der Waals surface area contributed by atoms with Crippen molar-refractivity contribution in [3.63, 3.8) is 0 Å². The van der Waals surface area contributed by atoms with Gasteiger partial charge in [-0.3, -0.25) is 4.79 Å². The standard InChI is InChI=1S/C32H45NO5/c1-5-30-16-13-23(33)18-22(30)12-15-28(3)25-14-17-31(26(36)20-34,29(25,4)19-24(35)27(28)30)38-32(37,6-2)21-10-8-7-9-11-21/h5-6,13,16,18,21,24-25,27,33-35,37H,1-2,7-12,14-15,17,19-20H2,3-4H3/t24-,25-,27-,28-,29-,30-,31-,32+/m0/s1. The first-order chi connectivity index (χ1) is 18.0. The van der Waals surface area contributed by atoms with Gasteiger partial charge >= 0.3 is 0 Å². The number of rotatable bonds is 7. The van der Waals surface area contributed by atoms with Gasteiger partial charge in [-0.2, -0.15) is 0 Å². The van der Waals surface area contributed by atoms with E-state index in [-0.39, 0.29) is 23.2 Å². The third-order valence-electron chi connectivity index (χ3n) is 11.6. The van der Waals surface area contributed by atoms with Crippen LogP contribution in [0.25, 0.3) is 0 Å². The summed E-state index contributed by atoms with van der Waals surface area (Å²) in [5, 5.41) is 42.3. The molecule has 5 aliphatic rings. The van der Waals surface area contributed by atoms with Crippen molar-refractivity contribution < 1.29 is 24.9 Å². The Balaban J connectivity index is 1.59. The normalized spacial score (nSPS) is 44.3. The van der Waals surface area contributed by atoms with Gasteiger partial charge in [0.25, 0.3) is 0 Å². The fourth-order valence-corrected chi connectivity index (χ4v) is 9.91. The molecule has 4 fully saturated rings. The molecule has 0 spiro atoms. The van der Waals surface area contributed by atoms with Crippen molar-refractivity contribution in [3.8, 4) is 0 Å². The summed E-state index contributed by atoms with van der Waals surface area (Å²) in [6.07, 6.45) is 16.1. The molecule has 0 aromatic heterocycles. The highest BCUT2D eigenvalue weighted by molar-refractivity contribution is 6.03. The molecule has 0 bridgehead atoms. The van der Waals surface area contributed by atoms with Crippen molar-refractivity contribution in [1.82, 2.24) is 0 Å². The van der Waals surface area contributed by atoms with Gasteiger partial charge in [-0.25, -0.2) is 0 Å². The van der Waals surface area contributed by atoms with E-state index < -0.39 is 40.7 Å². The summed E-state index contributed by atoms with van der Waals surface area (Å²) in [7, 11) is 0. The Morgan fingerprint density at radius 3 is 2.55 bits per heavy atom. The lowest BCUT2D eigenvalue weighted by Crippen LogP contribution is -2.67. The molecule has 0 aromatic rings. The Morgan fingerprint density at radius 2 is 1.92 bits per heavy atom. The van der Waals surface area contributed by atoms with Gasteiger partial charge in [0.2, 0.25) is 0 Å². The van der Waals surface area contributed by atoms with Crippen LogP contribution in [0.5, 0.6) is 0 Å². The van der Waals surface area contributed by atoms with Gasteiger partial charge in [0.05, 0.1) is 11.8 Å². The molecule has 5 aliphatic carbocycles. The summed E-state index contributed by atoms with van der Waals surface area (Å²) in [5.74, 6) is -2.40. The van der Waals surface area contributed by atoms with Crippen LogP contribution in [0.3, 0.4) is 0 Å². The predicted octanol–water partition coefficient (Wildman–Crippen LogP) is 5.04. The van der Waals surface area contributed by atoms with E-state index in [4.69, 9.17) is 10.1 Å². The molecule has 0 aliphatic heterocycles. The maximum absolute atomic E-state index is 13.8. The Labute approximate surface area is 227 Å². The molecule has 6 nitrogen and oxygen atoms in total. The maximum atomic E-state index is 13.8. The number of ether oxygens (including phenoxy) is 1. The summed E-state index contributed by atoms with van der Waals surface area (Å²) in [6, 6.07) is 0. The molecule has 0 heterocycles. The molecule has 8 atom stereocenters. The highest BCUT2D eigenvalue weighted by Crippen LogP contribution is 2.73. The largest absolute Gasteiger partial charge is 0.393 e. The van der Waals surface area contributed by atoms with Crippen molar-refractivity contribution in [2.75, 3.05) is 6.61 Å². The molecule has 0 aromatic carbocycles. The molecular weight excluding hydrogens is 478 g/mol. The first-order valence-corrected chi connectivity index (χ1v) is 14.5. The van der Waals surface area contributed by atoms with E-state index in [0.717, 1.165) is 50.5 Å². The molecule has 4 N–H and O–H groups in total. The lowest BCUT2D eigenvalue weighted by Gasteiger charge is -2.65. The first kappa shape index (κ1) is 27.7. The maximum Gasteiger partial charge on any atom is 0.190 e. The molecule has 0 unspecified atom stereocenters. The second-order valence-electron chi connectivity index (χ2n) is 13.2. The molecule has 0 saturated heterocycles. The van der Waals surface area contributed by atoms with E-state index in [9.17, 15) is 20.1 Å². The van der Waals surface area contributed by atoms with Gasteiger partial charge < -0.3 is 25.5 Å². The summed E-state index contributed by atoms with van der Waals surface area (Å²) in [4.78, 5) is 13.8. The van der Waals surface area contributed by atoms with Crippen molar-refractivity contribution in [3.05, 3.63) is 49.1 Å². The SMILES string of the molecule is C=C[C@]12C=CC(=N)C=C1CC[C@]1(C)[C@@H]2[C@@H](O)C[C@@]2(C)[C@H]1CC[C@]2(O[C@](O)(C=C)C1CCCCC1)C(=O)CO. The minimum atomic E-state index is -1.68. The zero-order chi connectivity index (χ0) is 27.6. The average Bonchev–Trinajstić information content (AvgIpc) is 3.21. The first-order valence-electron chi connectivity index (χ1n) is 14.5. The molecule has 0 radical (unpaired) electrons. The van der Waals surface area contributed by atoms with Crippen LogP contribution in [0.15, 0.2) is 49.1 Å². The van der Waals surface area contributed by atoms with Crippen LogP contribution < -0.4 is 0 Å². The number of fused-ring (bicyclic) bond motifs is 5. The lowest BCUT2D eigenvalue weighted by molar-refractivity contribution is -0.297. The van der Waals surface area contributed by atoms with Crippen LogP contribution in [-0.4, -0.2) is 50.9 Å². The third-order valence-corrected chi connectivity index (χ3v) is 11.6. The van der Waals surface area contributed by atoms with Gasteiger partial charge in [-0.05, 0) is 74.5 Å². The zero-order valence-corrected chi connectivity index (χ0v) is 23.0. The highest BCUT2D eigenvalue weighted by atomic mass is 16.6. The topological polar surface area (TPSA) is 111 Å². The smallest absolute Gasteiger partial charge is 0.190 e. The summed E-state index contributed by atoms with van der Waals surface area (Å²) in [5.41, 5.74) is -1.53. The van der Waals surface area contributed by atoms with Crippen LogP contribution >= 0.6 is 0 Å². The number of nitrogens with one attached hydrogen (secondary N) is 1. The molecule has 5 rings (SSSR count). The minimum absolute atomic E-state index is 0.0208. The van der Waals surface area contributed by atoms with Gasteiger partial charge in [-0.1, -0.05) is 57.4 Å². The number of hydrogen-bond acceptors (Lipinski definition) is 6. The summed E-state index contributed by atoms with van der Waals surface area (Å²) < 4.78 is 6.69. The van der Waals surface area contributed by atoms with Crippen LogP contribution in [-0.2, 0) is 9.53 Å². The minimum Gasteiger partial charge on any atom is -0.393 e. The molecule has 208 valence electrons. The monoisotopic (exact) mass is 523 g/mol. The zero-order valence-electron chi connectivity index (χ0n) is 23.0. The van der Waals surface area contributed by atoms with Crippen molar-refractivity contribution in [1.29, 1.82) is 5.41 Å². The number of hydrogen-bond donors (Lipinski definition) is 4. The number of Topliss-reactive ketones (excluding diaryl/α,β-unsaturated/α-hetero) is 1. The Kier molecular flexibility index (Phi) is 6.82. The Hall–Kier alpha value is -1.86. The van der Waals surface area contributed by atoms with Gasteiger partial charge in [0, 0.05) is 22.7 Å². The van der Waals surface area contributed by atoms with Crippen molar-refractivity contribution in [2.45, 2.75) is 95.5 Å². The van der Waals surface area contributed by atoms with Crippen LogP contribution in [0.4, 0.5) is 0 Å². The second kappa shape index (κ2) is 9.36. The predicted molar refractivity (Wildman–Crippen MR) is 147 cm³/mol. The Morgan fingerprint density at radius 1 is 1.21 bits per heavy atom. The van der Waals surface area contributed by atoms with E-state index in [1.807, 2.05) is 31.2 Å². The number of allylic oxidation sites excluding steroid dienone is 5. The van der Waals surface area contributed by atoms with E-state index >= 15 is 0 Å². The van der Waals surface area contributed by atoms with E-state index in [0.29, 0.717) is 25.0 Å². The van der Waals surface area contributed by atoms with Gasteiger partial charge in [-0.15, -0.1) is 6.58 Å². The molecule has 4 saturated carbocycles. The quantitative estimate of drug-likeness (QED) is 0.276. The van der Waals surface area contributed by atoms with Gasteiger partial charge in [0.1, 0.15) is 12.2 Å². The number of carbonyl (C=O) groups is 1. The number of aliphatic hydroxyl groups excluding tert-OH is 2. The van der Waals surface area contributed by atoms with Crippen LogP contribution in [0.2, 0.25) is 0 Å². The van der Waals surface area contributed by atoms with Crippen LogP contribution in [0, 0.1) is 39.4 Å². The number of carbonyl (C=O) groups excluding carboxylic acids is 1. The molecule has 38 heavy (non-hydrogen) atoms. The molecule has 0 amide bonds. The van der Waals surface area contributed by atoms with Crippen molar-refractivity contribution >= 4 is 11.5 Å². The van der Waals surface area contributed by atoms with Crippen molar-refractivity contribution in [2.24, 2.45) is 34.0 Å². The van der Waals surface area contributed by atoms with E-state index in [2.05, 4.69) is 20.1 Å². The number of aliphatic hydroxyl groups is 3. The lowest BCUT2D eigenvalue weighted by atomic mass is 9.40. The van der Waals surface area contributed by atoms with Crippen LogP contribution in [0.1, 0.15) is 78.1 Å². The third kappa shape index (κ3) is 3.59. The molecular formula is C32H45NO5. The second-order valence-corrected chi connectivity index (χ2v) is 13.2. The summed E-state index contributed by atoms with van der Waals surface area (Å²) >= 11 is 0. The van der Waals surface area contributed by atoms with E-state index in [1.165, 1.54) is 6.08 Å². The highest BCUT2D eigenvalue weighted by Gasteiger charge is 2.73. The van der Waals surface area contributed by atoms with E-state index in [1.54, 1.807) is 0 Å². The molecule has 6 heteroatoms. The average molecular weight is 524 g/mol.